The number of alkyl halides is 1. The molecule has 7 heteroatoms. The lowest BCUT2D eigenvalue weighted by molar-refractivity contribution is -0.207. The van der Waals surface area contributed by atoms with E-state index < -0.39 is 40.5 Å². The fourth-order valence-electron chi connectivity index (χ4n) is 6.97. The first kappa shape index (κ1) is 24.6. The summed E-state index contributed by atoms with van der Waals surface area (Å²) < 4.78 is 28.5. The lowest BCUT2D eigenvalue weighted by atomic mass is 9.45. The number of fused-ring (bicyclic) bond motifs is 5. The molecule has 6 nitrogen and oxygen atoms in total. The zero-order valence-corrected chi connectivity index (χ0v) is 20.3. The Morgan fingerprint density at radius 1 is 1.21 bits per heavy atom. The van der Waals surface area contributed by atoms with Crippen molar-refractivity contribution in [3.05, 3.63) is 35.5 Å². The molecule has 4 aliphatic carbocycles. The molecule has 0 aromatic heterocycles. The Hall–Kier alpha value is -2.57. The molecule has 0 aromatic rings. The number of carbonyl (C=O) groups is 4. The molecule has 2 saturated carbocycles. The van der Waals surface area contributed by atoms with Gasteiger partial charge in [0.1, 0.15) is 6.10 Å². The smallest absolute Gasteiger partial charge is 0.306 e. The van der Waals surface area contributed by atoms with Crippen LogP contribution in [0, 0.1) is 22.7 Å². The van der Waals surface area contributed by atoms with E-state index in [9.17, 15) is 19.2 Å². The van der Waals surface area contributed by atoms with Gasteiger partial charge in [0, 0.05) is 35.7 Å². The molecule has 34 heavy (non-hydrogen) atoms. The molecule has 0 spiro atoms. The minimum Gasteiger partial charge on any atom is -0.459 e. The number of allylic oxidation sites excluding steroid dienone is 5. The van der Waals surface area contributed by atoms with Crippen LogP contribution in [0.5, 0.6) is 0 Å². The van der Waals surface area contributed by atoms with Gasteiger partial charge in [-0.15, -0.1) is 0 Å². The highest BCUT2D eigenvalue weighted by Crippen LogP contribution is 2.68. The molecule has 0 unspecified atom stereocenters. The summed E-state index contributed by atoms with van der Waals surface area (Å²) >= 11 is 0. The second-order valence-electron chi connectivity index (χ2n) is 10.5. The van der Waals surface area contributed by atoms with Crippen LogP contribution in [0.15, 0.2) is 35.5 Å². The number of hydrogen-bond acceptors (Lipinski definition) is 6. The van der Waals surface area contributed by atoms with Crippen molar-refractivity contribution in [3.63, 3.8) is 0 Å². The van der Waals surface area contributed by atoms with Gasteiger partial charge in [0.05, 0.1) is 0 Å². The number of Topliss-reactive ketones (excluding diaryl/α,β-unsaturated/α-hetero) is 1. The first-order valence-electron chi connectivity index (χ1n) is 12.2. The van der Waals surface area contributed by atoms with Crippen LogP contribution in [0.3, 0.4) is 0 Å². The van der Waals surface area contributed by atoms with Crippen molar-refractivity contribution < 1.29 is 33.0 Å². The van der Waals surface area contributed by atoms with Crippen LogP contribution in [-0.4, -0.2) is 41.9 Å². The zero-order valence-electron chi connectivity index (χ0n) is 20.3. The van der Waals surface area contributed by atoms with Crippen LogP contribution in [0.1, 0.15) is 66.2 Å². The number of carbonyl (C=O) groups excluding carboxylic acids is 4. The second-order valence-corrected chi connectivity index (χ2v) is 10.5. The van der Waals surface area contributed by atoms with Gasteiger partial charge in [0.25, 0.3) is 0 Å². The minimum absolute atomic E-state index is 0.155. The van der Waals surface area contributed by atoms with Crippen LogP contribution in [0.2, 0.25) is 0 Å². The van der Waals surface area contributed by atoms with Crippen molar-refractivity contribution >= 4 is 23.5 Å². The highest BCUT2D eigenvalue weighted by molar-refractivity contribution is 6.01. The normalized spacial score (nSPS) is 38.1. The largest absolute Gasteiger partial charge is 0.459 e. The van der Waals surface area contributed by atoms with Crippen LogP contribution < -0.4 is 0 Å². The van der Waals surface area contributed by atoms with E-state index in [1.807, 2.05) is 19.9 Å². The highest BCUT2D eigenvalue weighted by Gasteiger charge is 2.71. The van der Waals surface area contributed by atoms with Gasteiger partial charge in [-0.3, -0.25) is 19.2 Å². The summed E-state index contributed by atoms with van der Waals surface area (Å²) in [5.41, 5.74) is -2.44. The lowest BCUT2D eigenvalue weighted by Crippen LogP contribution is -2.67. The van der Waals surface area contributed by atoms with Gasteiger partial charge in [-0.05, 0) is 57.1 Å². The molecular weight excluding hydrogens is 439 g/mol. The maximum atomic E-state index is 17.7. The fraction of sp³-hybridized carbons (Fsp3) is 0.630. The van der Waals surface area contributed by atoms with E-state index in [0.717, 1.165) is 5.57 Å². The molecule has 0 N–H and O–H groups in total. The van der Waals surface area contributed by atoms with Gasteiger partial charge in [-0.25, -0.2) is 4.39 Å². The number of rotatable bonds is 6. The maximum absolute atomic E-state index is 17.7. The molecule has 2 fully saturated rings. The molecule has 0 aliphatic heterocycles. The monoisotopic (exact) mass is 472 g/mol. The molecule has 0 radical (unpaired) electrons. The summed E-state index contributed by atoms with van der Waals surface area (Å²) in [6.07, 6.45) is 7.87. The fourth-order valence-corrected chi connectivity index (χ4v) is 6.97. The molecule has 0 amide bonds. The maximum Gasteiger partial charge on any atom is 0.306 e. The number of esters is 2. The summed E-state index contributed by atoms with van der Waals surface area (Å²) in [4.78, 5) is 48.9. The Morgan fingerprint density at radius 2 is 1.94 bits per heavy atom. The number of ether oxygens (including phenoxy) is 2. The second kappa shape index (κ2) is 8.58. The van der Waals surface area contributed by atoms with Crippen LogP contribution in [0.4, 0.5) is 4.39 Å². The summed E-state index contributed by atoms with van der Waals surface area (Å²) in [5, 5.41) is 0. The number of halogens is 1. The van der Waals surface area contributed by atoms with E-state index in [4.69, 9.17) is 9.47 Å². The average Bonchev–Trinajstić information content (AvgIpc) is 3.10. The van der Waals surface area contributed by atoms with Crippen molar-refractivity contribution in [3.8, 4) is 0 Å². The van der Waals surface area contributed by atoms with Crippen molar-refractivity contribution in [1.82, 2.24) is 0 Å². The lowest BCUT2D eigenvalue weighted by Gasteiger charge is -2.62. The van der Waals surface area contributed by atoms with Crippen LogP contribution in [-0.2, 0) is 28.7 Å². The number of hydrogen-bond donors (Lipinski definition) is 0. The number of ketones is 2. The Kier molecular flexibility index (Phi) is 6.19. The Labute approximate surface area is 199 Å². The Morgan fingerprint density at radius 3 is 2.62 bits per heavy atom. The van der Waals surface area contributed by atoms with Crippen LogP contribution >= 0.6 is 0 Å². The Bertz CT molecular complexity index is 1020. The third kappa shape index (κ3) is 3.59. The molecule has 4 rings (SSSR count). The molecular formula is C27H33FO6. The Balaban J connectivity index is 1.75. The van der Waals surface area contributed by atoms with E-state index >= 15 is 4.39 Å². The van der Waals surface area contributed by atoms with Gasteiger partial charge in [-0.2, -0.15) is 0 Å². The van der Waals surface area contributed by atoms with Crippen molar-refractivity contribution in [2.45, 2.75) is 78.0 Å². The first-order chi connectivity index (χ1) is 16.0. The standard InChI is InChI=1S/C27H33FO6/c1-5-6-24(32)34-23-14-25(3)19(9-10-21(25)22(31)15-33-16(2)29)20-8-7-17-13-18(30)11-12-26(17,4)27(20,23)28/h10-13,19-20,23H,5-9,14-15H2,1-4H3/t19-,20+,23-,25+,26+,27+/m1/s1. The van der Waals surface area contributed by atoms with E-state index in [2.05, 4.69) is 0 Å². The van der Waals surface area contributed by atoms with Crippen molar-refractivity contribution in [2.24, 2.45) is 22.7 Å². The molecule has 0 heterocycles. The van der Waals surface area contributed by atoms with Gasteiger partial charge >= 0.3 is 11.9 Å². The van der Waals surface area contributed by atoms with Crippen molar-refractivity contribution in [1.29, 1.82) is 0 Å². The van der Waals surface area contributed by atoms with Gasteiger partial charge in [0.15, 0.2) is 23.8 Å². The zero-order chi connectivity index (χ0) is 24.9. The van der Waals surface area contributed by atoms with Gasteiger partial charge < -0.3 is 9.47 Å². The third-order valence-corrected chi connectivity index (χ3v) is 8.63. The average molecular weight is 473 g/mol. The third-order valence-electron chi connectivity index (χ3n) is 8.63. The predicted molar refractivity (Wildman–Crippen MR) is 122 cm³/mol. The van der Waals surface area contributed by atoms with E-state index in [1.54, 1.807) is 13.0 Å². The molecule has 0 aromatic carbocycles. The topological polar surface area (TPSA) is 86.7 Å². The summed E-state index contributed by atoms with van der Waals surface area (Å²) in [6.45, 7) is 6.49. The van der Waals surface area contributed by atoms with E-state index in [1.165, 1.54) is 19.1 Å². The molecule has 6 atom stereocenters. The van der Waals surface area contributed by atoms with E-state index in [0.29, 0.717) is 31.3 Å². The van der Waals surface area contributed by atoms with Gasteiger partial charge in [0.2, 0.25) is 0 Å². The first-order valence-corrected chi connectivity index (χ1v) is 12.2. The van der Waals surface area contributed by atoms with E-state index in [-0.39, 0.29) is 36.9 Å². The highest BCUT2D eigenvalue weighted by atomic mass is 19.1. The summed E-state index contributed by atoms with van der Waals surface area (Å²) in [6, 6.07) is 0. The minimum atomic E-state index is -1.91. The molecule has 0 bridgehead atoms. The molecule has 0 saturated heterocycles. The quantitative estimate of drug-likeness (QED) is 0.534. The SMILES string of the molecule is CCCC(=O)O[C@@H]1C[C@]2(C)C(C(=O)COC(C)=O)=CC[C@@H]2[C@@H]2CCC3=CC(=O)C=C[C@]3(C)[C@@]12F. The molecule has 4 aliphatic rings. The van der Waals surface area contributed by atoms with Gasteiger partial charge in [-0.1, -0.05) is 31.6 Å². The summed E-state index contributed by atoms with van der Waals surface area (Å²) in [7, 11) is 0. The van der Waals surface area contributed by atoms with Crippen LogP contribution in [0.25, 0.3) is 0 Å². The van der Waals surface area contributed by atoms with Crippen molar-refractivity contribution in [2.75, 3.05) is 6.61 Å². The summed E-state index contributed by atoms with van der Waals surface area (Å²) in [5.74, 6) is -2.09. The molecule has 184 valence electrons. The predicted octanol–water partition coefficient (Wildman–Crippen LogP) is 4.38.